The minimum Gasteiger partial charge on any atom is -0.468 e. The quantitative estimate of drug-likeness (QED) is 0.668. The number of amidine groups is 1. The lowest BCUT2D eigenvalue weighted by Crippen LogP contribution is -2.33. The van der Waals surface area contributed by atoms with Crippen LogP contribution in [0.3, 0.4) is 0 Å². The molecule has 1 aromatic carbocycles. The van der Waals surface area contributed by atoms with Crippen LogP contribution in [0.2, 0.25) is 0 Å². The molecule has 0 saturated heterocycles. The van der Waals surface area contributed by atoms with E-state index in [1.807, 2.05) is 0 Å². The Kier molecular flexibility index (Phi) is 5.09. The van der Waals surface area contributed by atoms with E-state index in [0.29, 0.717) is 0 Å². The number of amides is 1. The molecule has 1 aliphatic carbocycles. The second kappa shape index (κ2) is 7.03. The molecular weight excluding hydrogens is 259 g/mol. The summed E-state index contributed by atoms with van der Waals surface area (Å²) in [7, 11) is 1.47. The van der Waals surface area contributed by atoms with E-state index < -0.39 is 11.7 Å². The van der Waals surface area contributed by atoms with Crippen molar-refractivity contribution in [2.45, 2.75) is 38.1 Å². The smallest absolute Gasteiger partial charge is 0.291 e. The highest BCUT2D eigenvalue weighted by Crippen LogP contribution is 2.20. The van der Waals surface area contributed by atoms with Crippen LogP contribution in [-0.2, 0) is 4.74 Å². The molecule has 0 radical (unpaired) electrons. The number of hydrogen-bond acceptors (Lipinski definition) is 3. The second-order valence-corrected chi connectivity index (χ2v) is 4.89. The van der Waals surface area contributed by atoms with Crippen LogP contribution in [0.1, 0.15) is 42.5 Å². The first kappa shape index (κ1) is 14.5. The number of hydrogen-bond donors (Lipinski definition) is 1. The van der Waals surface area contributed by atoms with Crippen LogP contribution < -0.4 is 5.32 Å². The van der Waals surface area contributed by atoms with Gasteiger partial charge in [0.05, 0.1) is 13.2 Å². The Morgan fingerprint density at radius 3 is 2.75 bits per heavy atom. The van der Waals surface area contributed by atoms with Crippen LogP contribution in [0.5, 0.6) is 0 Å². The maximum Gasteiger partial charge on any atom is 0.291 e. The van der Waals surface area contributed by atoms with Crippen molar-refractivity contribution in [1.82, 2.24) is 5.32 Å². The number of carbonyl (C=O) groups is 1. The van der Waals surface area contributed by atoms with Crippen LogP contribution in [0.15, 0.2) is 29.3 Å². The maximum atomic E-state index is 13.1. The second-order valence-electron chi connectivity index (χ2n) is 4.89. The lowest BCUT2D eigenvalue weighted by Gasteiger charge is -2.18. The van der Waals surface area contributed by atoms with Gasteiger partial charge >= 0.3 is 0 Å². The number of rotatable bonds is 2. The minimum absolute atomic E-state index is 0.200. The van der Waals surface area contributed by atoms with Gasteiger partial charge in [-0.2, -0.15) is 0 Å². The summed E-state index contributed by atoms with van der Waals surface area (Å²) >= 11 is 0. The number of ether oxygens (including phenoxy) is 1. The molecule has 0 spiro atoms. The molecule has 0 unspecified atom stereocenters. The van der Waals surface area contributed by atoms with Crippen LogP contribution in [-0.4, -0.2) is 25.1 Å². The number of halogens is 1. The molecule has 1 fully saturated rings. The van der Waals surface area contributed by atoms with Crippen LogP contribution in [0.4, 0.5) is 4.39 Å². The van der Waals surface area contributed by atoms with Gasteiger partial charge in [0.1, 0.15) is 5.82 Å². The van der Waals surface area contributed by atoms with Gasteiger partial charge in [0, 0.05) is 5.56 Å². The number of carbonyl (C=O) groups excluding carboxylic acids is 1. The molecule has 20 heavy (non-hydrogen) atoms. The van der Waals surface area contributed by atoms with Crippen molar-refractivity contribution in [2.24, 2.45) is 4.99 Å². The number of methoxy groups -OCH3 is 1. The maximum absolute atomic E-state index is 13.1. The molecule has 108 valence electrons. The molecule has 1 saturated carbocycles. The average molecular weight is 278 g/mol. The van der Waals surface area contributed by atoms with Crippen molar-refractivity contribution in [2.75, 3.05) is 7.11 Å². The Morgan fingerprint density at radius 1 is 1.35 bits per heavy atom. The molecule has 0 bridgehead atoms. The topological polar surface area (TPSA) is 50.7 Å². The molecule has 1 aromatic rings. The average Bonchev–Trinajstić information content (AvgIpc) is 2.47. The third kappa shape index (κ3) is 4.05. The van der Waals surface area contributed by atoms with E-state index in [1.165, 1.54) is 31.7 Å². The SMILES string of the molecule is COC(=NC1CCCCC1)NC(=O)c1cccc(F)c1. The Labute approximate surface area is 118 Å². The first-order chi connectivity index (χ1) is 9.69. The minimum atomic E-state index is -0.444. The lowest BCUT2D eigenvalue weighted by molar-refractivity contribution is 0.0967. The van der Waals surface area contributed by atoms with Gasteiger partial charge in [-0.3, -0.25) is 10.1 Å². The van der Waals surface area contributed by atoms with Gasteiger partial charge in [0.15, 0.2) is 0 Å². The molecule has 1 aliphatic rings. The number of aliphatic imine (C=N–C) groups is 1. The molecule has 1 N–H and O–H groups in total. The normalized spacial score (nSPS) is 16.8. The van der Waals surface area contributed by atoms with E-state index in [4.69, 9.17) is 4.74 Å². The molecule has 0 aliphatic heterocycles. The Hall–Kier alpha value is -1.91. The summed E-state index contributed by atoms with van der Waals surface area (Å²) in [5.41, 5.74) is 0.249. The molecule has 5 heteroatoms. The summed E-state index contributed by atoms with van der Waals surface area (Å²) in [6.45, 7) is 0. The van der Waals surface area contributed by atoms with E-state index >= 15 is 0 Å². The standard InChI is InChI=1S/C15H19FN2O2/c1-20-15(17-13-8-3-2-4-9-13)18-14(19)11-6-5-7-12(16)10-11/h5-7,10,13H,2-4,8-9H2,1H3,(H,17,18,19). The first-order valence-corrected chi connectivity index (χ1v) is 6.88. The molecule has 1 amide bonds. The van der Waals surface area contributed by atoms with Crippen molar-refractivity contribution >= 4 is 11.9 Å². The zero-order valence-corrected chi connectivity index (χ0v) is 11.6. The fourth-order valence-corrected chi connectivity index (χ4v) is 2.31. The highest BCUT2D eigenvalue weighted by atomic mass is 19.1. The van der Waals surface area contributed by atoms with E-state index in [2.05, 4.69) is 10.3 Å². The molecular formula is C15H19FN2O2. The van der Waals surface area contributed by atoms with Gasteiger partial charge in [-0.1, -0.05) is 25.3 Å². The van der Waals surface area contributed by atoms with Gasteiger partial charge < -0.3 is 4.74 Å². The first-order valence-electron chi connectivity index (χ1n) is 6.88. The monoisotopic (exact) mass is 278 g/mol. The van der Waals surface area contributed by atoms with Crippen molar-refractivity contribution in [3.05, 3.63) is 35.6 Å². The highest BCUT2D eigenvalue weighted by molar-refractivity contribution is 6.04. The van der Waals surface area contributed by atoms with E-state index in [9.17, 15) is 9.18 Å². The lowest BCUT2D eigenvalue weighted by atomic mass is 9.96. The molecule has 0 atom stereocenters. The van der Waals surface area contributed by atoms with Crippen molar-refractivity contribution in [3.63, 3.8) is 0 Å². The molecule has 0 heterocycles. The van der Waals surface area contributed by atoms with Crippen LogP contribution >= 0.6 is 0 Å². The zero-order valence-electron chi connectivity index (χ0n) is 11.6. The summed E-state index contributed by atoms with van der Waals surface area (Å²) in [6.07, 6.45) is 5.58. The Morgan fingerprint density at radius 2 is 2.10 bits per heavy atom. The van der Waals surface area contributed by atoms with Crippen molar-refractivity contribution < 1.29 is 13.9 Å². The van der Waals surface area contributed by atoms with Gasteiger partial charge in [0.2, 0.25) is 0 Å². The fourth-order valence-electron chi connectivity index (χ4n) is 2.31. The summed E-state index contributed by atoms with van der Waals surface area (Å²) in [5, 5.41) is 2.58. The Balaban J connectivity index is 2.02. The van der Waals surface area contributed by atoms with Gasteiger partial charge in [-0.25, -0.2) is 9.38 Å². The summed E-state index contributed by atoms with van der Waals surface area (Å²) in [6, 6.07) is 5.92. The third-order valence-electron chi connectivity index (χ3n) is 3.38. The zero-order chi connectivity index (χ0) is 14.4. The number of nitrogens with zero attached hydrogens (tertiary/aromatic N) is 1. The van der Waals surface area contributed by atoms with Crippen molar-refractivity contribution in [1.29, 1.82) is 0 Å². The highest BCUT2D eigenvalue weighted by Gasteiger charge is 2.15. The molecule has 4 nitrogen and oxygen atoms in total. The third-order valence-corrected chi connectivity index (χ3v) is 3.38. The number of nitrogens with one attached hydrogen (secondary N) is 1. The van der Waals surface area contributed by atoms with E-state index in [0.717, 1.165) is 25.7 Å². The predicted octanol–water partition coefficient (Wildman–Crippen LogP) is 2.89. The summed E-state index contributed by atoms with van der Waals surface area (Å²) < 4.78 is 18.2. The van der Waals surface area contributed by atoms with Gasteiger partial charge in [-0.15, -0.1) is 0 Å². The fraction of sp³-hybridized carbons (Fsp3) is 0.467. The van der Waals surface area contributed by atoms with Gasteiger partial charge in [-0.05, 0) is 31.0 Å². The number of benzene rings is 1. The Bertz CT molecular complexity index is 496. The molecule has 0 aromatic heterocycles. The van der Waals surface area contributed by atoms with E-state index in [1.54, 1.807) is 6.07 Å². The summed E-state index contributed by atoms with van der Waals surface area (Å²) in [4.78, 5) is 16.4. The van der Waals surface area contributed by atoms with Crippen LogP contribution in [0.25, 0.3) is 0 Å². The van der Waals surface area contributed by atoms with Crippen LogP contribution in [0, 0.1) is 5.82 Å². The van der Waals surface area contributed by atoms with Gasteiger partial charge in [0.25, 0.3) is 11.9 Å². The summed E-state index contributed by atoms with van der Waals surface area (Å²) in [5.74, 6) is -0.859. The van der Waals surface area contributed by atoms with E-state index in [-0.39, 0.29) is 17.6 Å². The molecule has 2 rings (SSSR count). The largest absolute Gasteiger partial charge is 0.468 e. The van der Waals surface area contributed by atoms with Crippen molar-refractivity contribution in [3.8, 4) is 0 Å². The predicted molar refractivity (Wildman–Crippen MR) is 75.2 cm³/mol.